The standard InChI is InChI=1S/2C15H18BClO5.2C15H18BFO5.2C15H19BO5/c1-3-4-10(18)6-9-7-11-13(17)8(2)5-12(15(19)20)14(11)22-16(9)21;1-3-4-11(18)7-10-6-9-5-8(2)13(17)12(15(19)20)14(9)22-16(10)21;1-3-4-11(18)7-10-5-9-6-12(17)8(2)13(15(19)20)14(9)22-16(10)21;1-3-4-10(18)6-9-7-11-13(17)8(2)5-12(15(19)20)14(11)22-16(9)21;2*1-3-4-12(17)8-11-7-10-5-9(2)6-13(15(18)19)14(10)21-16(11)20/h5,9,21H,3-4,6-7H2,1-2H3,(H,19,20);5,10,21H,3-4,6-7H2,1-2H3,(H,19,20);6,10,21H,3-5,7H2,1-2H3,(H,19,20);5,9,21H,3-4,6-7H2,1-2H3,(H,19,20);2*5-6,11,20H,3-4,7-8H2,1-2H3,(H,18,19)/t9-;2*10-;9-;2*11-/m011011/s1. The van der Waals surface area contributed by atoms with Gasteiger partial charge >= 0.3 is 78.5 Å². The topological polar surface area (TPSA) is 503 Å². The highest BCUT2D eigenvalue weighted by Crippen LogP contribution is 2.47. The maximum Gasteiger partial charge on any atom is 0.526 e. The van der Waals surface area contributed by atoms with Gasteiger partial charge in [0.1, 0.15) is 114 Å². The van der Waals surface area contributed by atoms with Gasteiger partial charge in [0.05, 0.1) is 10.0 Å². The number of benzene rings is 6. The fourth-order valence-corrected chi connectivity index (χ4v) is 17.0. The van der Waals surface area contributed by atoms with E-state index in [9.17, 15) is 127 Å². The number of carboxylic acid groups (broad SMARTS) is 6. The molecule has 6 aromatic rings. The Morgan fingerprint density at radius 2 is 0.569 bits per heavy atom. The number of carbonyl (C=O) groups excluding carboxylic acids is 6. The molecule has 130 heavy (non-hydrogen) atoms. The number of halogens is 4. The summed E-state index contributed by atoms with van der Waals surface area (Å²) in [7, 11) is -7.27. The molecule has 6 aromatic carbocycles. The Bertz CT molecular complexity index is 4920. The van der Waals surface area contributed by atoms with Crippen molar-refractivity contribution in [3.05, 3.63) is 170 Å². The van der Waals surface area contributed by atoms with Crippen LogP contribution >= 0.6 is 23.2 Å². The van der Waals surface area contributed by atoms with Crippen molar-refractivity contribution in [1.29, 1.82) is 0 Å². The van der Waals surface area contributed by atoms with E-state index >= 15 is 0 Å². The summed E-state index contributed by atoms with van der Waals surface area (Å²) in [5.41, 5.74) is 5.82. The summed E-state index contributed by atoms with van der Waals surface area (Å²) < 4.78 is 60.3. The van der Waals surface area contributed by atoms with E-state index in [1.165, 1.54) is 44.2 Å². The molecular formula is C90H110B6Cl2F2O30. The molecule has 0 radical (unpaired) electrons. The van der Waals surface area contributed by atoms with Crippen molar-refractivity contribution in [2.45, 2.75) is 272 Å². The lowest BCUT2D eigenvalue weighted by atomic mass is 9.64. The predicted molar refractivity (Wildman–Crippen MR) is 482 cm³/mol. The zero-order valence-electron chi connectivity index (χ0n) is 74.7. The molecule has 6 aliphatic heterocycles. The van der Waals surface area contributed by atoms with Crippen LogP contribution in [0.3, 0.4) is 0 Å². The SMILES string of the molecule is CCCC(=O)C[C@H]1Cc2c(Cl)c(C)cc(C(=O)O)c2OB1O.CCCC(=O)C[C@H]1Cc2c(F)c(C)cc(C(=O)O)c2OB1O.CCCC(=O)C[C@H]1Cc2cc(C)c(Cl)c(C(=O)O)c2OB1O.CCCC(=O)C[C@H]1Cc2cc(C)cc(C(=O)O)c2OB1O.CCCC(=O)C[C@H]1Cc2cc(C)cc(C(=O)O)c2OB1O.CCCC(=O)C[C@H]1Cc2cc(F)c(C)c(C(=O)O)c2OB1O. The second-order valence-corrected chi connectivity index (χ2v) is 34.4. The molecule has 12 N–H and O–H groups in total. The number of rotatable bonds is 30. The first kappa shape index (κ1) is 107. The Balaban J connectivity index is 0.000000213. The predicted octanol–water partition coefficient (Wildman–Crippen LogP) is 15.0. The third kappa shape index (κ3) is 27.8. The van der Waals surface area contributed by atoms with E-state index < -0.39 is 108 Å². The highest BCUT2D eigenvalue weighted by molar-refractivity contribution is 6.50. The molecule has 0 saturated carbocycles. The Kier molecular flexibility index (Phi) is 39.9. The summed E-state index contributed by atoms with van der Waals surface area (Å²) >= 11 is 12.3. The number of Topliss-reactive ketones (excluding diaryl/α,β-unsaturated/α-hetero) is 6. The quantitative estimate of drug-likeness (QED) is 0.0186. The molecule has 0 fully saturated rings. The fourth-order valence-electron chi connectivity index (χ4n) is 16.5. The van der Waals surface area contributed by atoms with Gasteiger partial charge in [-0.25, -0.2) is 37.5 Å². The summed E-state index contributed by atoms with van der Waals surface area (Å²) in [5, 5.41) is 116. The van der Waals surface area contributed by atoms with E-state index in [-0.39, 0.29) is 193 Å². The van der Waals surface area contributed by atoms with Gasteiger partial charge in [0.2, 0.25) is 0 Å². The number of hydrogen-bond donors (Lipinski definition) is 12. The van der Waals surface area contributed by atoms with Crippen LogP contribution in [-0.2, 0) is 67.3 Å². The van der Waals surface area contributed by atoms with Gasteiger partial charge in [-0.15, -0.1) is 0 Å². The highest BCUT2D eigenvalue weighted by Gasteiger charge is 2.46. The molecule has 6 heterocycles. The van der Waals surface area contributed by atoms with Crippen LogP contribution in [0.15, 0.2) is 48.5 Å². The minimum atomic E-state index is -1.31. The van der Waals surface area contributed by atoms with Gasteiger partial charge < -0.3 is 88.7 Å². The van der Waals surface area contributed by atoms with Crippen molar-refractivity contribution in [3.63, 3.8) is 0 Å². The summed E-state index contributed by atoms with van der Waals surface area (Å²) in [6.07, 6.45) is 10.3. The average Bonchev–Trinajstić information content (AvgIpc) is 0.800. The van der Waals surface area contributed by atoms with Crippen molar-refractivity contribution in [1.82, 2.24) is 0 Å². The number of carbonyl (C=O) groups is 12. The van der Waals surface area contributed by atoms with E-state index in [0.29, 0.717) is 103 Å². The number of hydrogen-bond acceptors (Lipinski definition) is 24. The zero-order chi connectivity index (χ0) is 96.9. The maximum absolute atomic E-state index is 14.3. The van der Waals surface area contributed by atoms with E-state index in [1.807, 2.05) is 67.5 Å². The zero-order valence-corrected chi connectivity index (χ0v) is 76.3. The molecule has 0 saturated heterocycles. The molecule has 6 atom stereocenters. The highest BCUT2D eigenvalue weighted by atomic mass is 35.5. The van der Waals surface area contributed by atoms with Crippen molar-refractivity contribution >= 4 is 136 Å². The molecule has 40 heteroatoms. The number of carboxylic acids is 6. The lowest BCUT2D eigenvalue weighted by Gasteiger charge is -2.29. The van der Waals surface area contributed by atoms with Gasteiger partial charge in [-0.3, -0.25) is 28.8 Å². The monoisotopic (exact) mass is 1840 g/mol. The number of ketones is 6. The van der Waals surface area contributed by atoms with Crippen LogP contribution in [0, 0.1) is 53.2 Å². The molecule has 30 nitrogen and oxygen atoms in total. The minimum absolute atomic E-state index is 0.00177. The lowest BCUT2D eigenvalue weighted by Crippen LogP contribution is -2.36. The van der Waals surface area contributed by atoms with E-state index in [4.69, 9.17) is 51.1 Å². The van der Waals surface area contributed by atoms with Gasteiger partial charge in [0.15, 0.2) is 0 Å². The van der Waals surface area contributed by atoms with Crippen LogP contribution in [-0.4, -0.2) is 174 Å². The van der Waals surface area contributed by atoms with Gasteiger partial charge in [0.25, 0.3) is 0 Å². The normalized spacial score (nSPS) is 17.0. The molecule has 696 valence electrons. The summed E-state index contributed by atoms with van der Waals surface area (Å²) in [6.45, 7) is 21.4. The van der Waals surface area contributed by atoms with Crippen molar-refractivity contribution in [3.8, 4) is 34.5 Å². The minimum Gasteiger partial charge on any atom is -0.535 e. The van der Waals surface area contributed by atoms with Crippen LogP contribution in [0.2, 0.25) is 44.9 Å². The fraction of sp³-hybridized carbons (Fsp3) is 0.467. The summed E-state index contributed by atoms with van der Waals surface area (Å²) in [5.74, 6) is -9.86. The first-order valence-electron chi connectivity index (χ1n) is 43.4. The van der Waals surface area contributed by atoms with E-state index in [1.54, 1.807) is 19.9 Å². The Hall–Kier alpha value is -10.5. The third-order valence-electron chi connectivity index (χ3n) is 22.8. The number of aromatic carboxylic acids is 6. The van der Waals surface area contributed by atoms with E-state index in [2.05, 4.69) is 0 Å². The molecule has 0 aromatic heterocycles. The van der Waals surface area contributed by atoms with Crippen molar-refractivity contribution in [2.75, 3.05) is 0 Å². The van der Waals surface area contributed by atoms with Gasteiger partial charge in [0, 0.05) is 129 Å². The molecule has 6 aliphatic rings. The second-order valence-electron chi connectivity index (χ2n) is 33.7. The lowest BCUT2D eigenvalue weighted by molar-refractivity contribution is -0.120. The molecular weight excluding hydrogens is 1730 g/mol. The van der Waals surface area contributed by atoms with E-state index in [0.717, 1.165) is 54.4 Å². The first-order valence-corrected chi connectivity index (χ1v) is 44.1. The summed E-state index contributed by atoms with van der Waals surface area (Å²) in [6, 6.07) is 12.3. The molecule has 0 bridgehead atoms. The Morgan fingerprint density at radius 1 is 0.315 bits per heavy atom. The second kappa shape index (κ2) is 48.6. The molecule has 0 unspecified atom stereocenters. The Morgan fingerprint density at radius 3 is 0.885 bits per heavy atom. The van der Waals surface area contributed by atoms with Crippen LogP contribution in [0.25, 0.3) is 0 Å². The van der Waals surface area contributed by atoms with Gasteiger partial charge in [-0.05, 0) is 199 Å². The molecule has 0 spiro atoms. The van der Waals surface area contributed by atoms with Crippen LogP contribution < -0.4 is 27.9 Å². The summed E-state index contributed by atoms with van der Waals surface area (Å²) in [4.78, 5) is 138. The number of aryl methyl sites for hydroxylation is 5. The molecule has 12 rings (SSSR count). The third-order valence-corrected chi connectivity index (χ3v) is 23.8. The van der Waals surface area contributed by atoms with Gasteiger partial charge in [-0.1, -0.05) is 82.9 Å². The Labute approximate surface area is 764 Å². The molecule has 0 aliphatic carbocycles. The largest absolute Gasteiger partial charge is 0.535 e. The smallest absolute Gasteiger partial charge is 0.526 e. The molecule has 0 amide bonds. The van der Waals surface area contributed by atoms with Crippen LogP contribution in [0.5, 0.6) is 34.5 Å². The van der Waals surface area contributed by atoms with Gasteiger partial charge in [-0.2, -0.15) is 0 Å². The average molecular weight is 1850 g/mol. The van der Waals surface area contributed by atoms with Crippen molar-refractivity contribution < 1.29 is 155 Å². The van der Waals surface area contributed by atoms with Crippen molar-refractivity contribution in [2.24, 2.45) is 0 Å². The maximum atomic E-state index is 14.3. The van der Waals surface area contributed by atoms with Crippen LogP contribution in [0.1, 0.15) is 286 Å². The van der Waals surface area contributed by atoms with Crippen LogP contribution in [0.4, 0.5) is 8.78 Å². The first-order chi connectivity index (χ1) is 61.2. The number of fused-ring (bicyclic) bond motifs is 6.